The fourth-order valence-electron chi connectivity index (χ4n) is 6.73. The summed E-state index contributed by atoms with van der Waals surface area (Å²) in [5, 5.41) is 18.1. The molecule has 4 amide bonds. The van der Waals surface area contributed by atoms with E-state index in [1.54, 1.807) is 38.1 Å². The summed E-state index contributed by atoms with van der Waals surface area (Å²) in [5.74, 6) is -3.15. The zero-order valence-corrected chi connectivity index (χ0v) is 30.0. The number of rotatable bonds is 19. The van der Waals surface area contributed by atoms with Crippen molar-refractivity contribution in [1.29, 1.82) is 0 Å². The Morgan fingerprint density at radius 1 is 0.979 bits per heavy atom. The summed E-state index contributed by atoms with van der Waals surface area (Å²) >= 11 is 0. The number of carboxylic acid groups (broad SMARTS) is 1. The molecule has 0 aliphatic carbocycles. The van der Waals surface area contributed by atoms with E-state index in [4.69, 9.17) is 9.47 Å². The first-order valence-electron chi connectivity index (χ1n) is 16.8. The summed E-state index contributed by atoms with van der Waals surface area (Å²) in [6, 6.07) is 6.65. The Morgan fingerprint density at radius 2 is 1.62 bits per heavy atom. The van der Waals surface area contributed by atoms with Crippen molar-refractivity contribution in [2.24, 2.45) is 17.8 Å². The first kappa shape index (κ1) is 40.6. The van der Waals surface area contributed by atoms with Gasteiger partial charge in [-0.25, -0.2) is 4.79 Å². The number of carbonyl (C=O) groups excluding carboxylic acids is 4. The number of likely N-dealkylation sites (tertiary alicyclic amines) is 1. The summed E-state index contributed by atoms with van der Waals surface area (Å²) < 4.78 is 11.6. The van der Waals surface area contributed by atoms with Gasteiger partial charge in [-0.1, -0.05) is 65.0 Å². The van der Waals surface area contributed by atoms with Gasteiger partial charge in [0.1, 0.15) is 6.04 Å². The second-order valence-electron chi connectivity index (χ2n) is 13.3. The number of methoxy groups -OCH3 is 2. The van der Waals surface area contributed by atoms with E-state index < -0.39 is 54.2 Å². The van der Waals surface area contributed by atoms with Crippen LogP contribution in [-0.2, 0) is 39.9 Å². The zero-order chi connectivity index (χ0) is 36.1. The summed E-state index contributed by atoms with van der Waals surface area (Å²) in [4.78, 5) is 68.3. The first-order valence-corrected chi connectivity index (χ1v) is 16.8. The predicted octanol–water partition coefficient (Wildman–Crippen LogP) is 1.69. The molecule has 0 spiro atoms. The lowest BCUT2D eigenvalue weighted by molar-refractivity contribution is -0.146. The van der Waals surface area contributed by atoms with E-state index in [9.17, 15) is 29.1 Å². The largest absolute Gasteiger partial charge is 0.480 e. The molecule has 1 saturated heterocycles. The fraction of sp³-hybridized carbons (Fsp3) is 0.686. The molecule has 48 heavy (non-hydrogen) atoms. The van der Waals surface area contributed by atoms with E-state index in [0.717, 1.165) is 5.56 Å². The monoisotopic (exact) mass is 675 g/mol. The van der Waals surface area contributed by atoms with Crippen LogP contribution in [0.2, 0.25) is 0 Å². The van der Waals surface area contributed by atoms with Crippen molar-refractivity contribution in [1.82, 2.24) is 25.8 Å². The second-order valence-corrected chi connectivity index (χ2v) is 13.3. The summed E-state index contributed by atoms with van der Waals surface area (Å²) in [6.45, 7) is 9.68. The van der Waals surface area contributed by atoms with Crippen molar-refractivity contribution in [2.45, 2.75) is 96.7 Å². The number of nitrogens with zero attached hydrogens (tertiary/aromatic N) is 2. The van der Waals surface area contributed by atoms with Crippen LogP contribution in [0.4, 0.5) is 0 Å². The topological polar surface area (TPSA) is 167 Å². The molecule has 1 aromatic rings. The Hall–Kier alpha value is -3.55. The van der Waals surface area contributed by atoms with Gasteiger partial charge in [0.15, 0.2) is 0 Å². The highest BCUT2D eigenvalue weighted by molar-refractivity contribution is 5.88. The lowest BCUT2D eigenvalue weighted by atomic mass is 9.92. The average molecular weight is 676 g/mol. The maximum absolute atomic E-state index is 13.9. The second kappa shape index (κ2) is 19.4. The molecule has 7 unspecified atom stereocenters. The predicted molar refractivity (Wildman–Crippen MR) is 182 cm³/mol. The van der Waals surface area contributed by atoms with E-state index in [1.165, 1.54) is 19.1 Å². The molecule has 1 heterocycles. The van der Waals surface area contributed by atoms with Gasteiger partial charge in [-0.2, -0.15) is 0 Å². The number of carbonyl (C=O) groups is 5. The van der Waals surface area contributed by atoms with E-state index in [-0.39, 0.29) is 48.9 Å². The molecule has 0 aromatic heterocycles. The Bertz CT molecular complexity index is 1210. The van der Waals surface area contributed by atoms with Crippen LogP contribution in [0, 0.1) is 17.8 Å². The number of aliphatic carboxylic acids is 1. The van der Waals surface area contributed by atoms with Crippen LogP contribution in [0.25, 0.3) is 0 Å². The number of hydrogen-bond acceptors (Lipinski definition) is 8. The number of likely N-dealkylation sites (N-methyl/N-ethyl adjacent to an activating group) is 2. The van der Waals surface area contributed by atoms with Crippen molar-refractivity contribution in [2.75, 3.05) is 41.4 Å². The molecule has 13 nitrogen and oxygen atoms in total. The lowest BCUT2D eigenvalue weighted by Gasteiger charge is -2.38. The van der Waals surface area contributed by atoms with Gasteiger partial charge < -0.3 is 40.3 Å². The number of ether oxygens (including phenoxy) is 2. The van der Waals surface area contributed by atoms with Crippen LogP contribution in [0.15, 0.2) is 30.3 Å². The highest BCUT2D eigenvalue weighted by Crippen LogP contribution is 2.29. The minimum atomic E-state index is -1.14. The van der Waals surface area contributed by atoms with Crippen molar-refractivity contribution >= 4 is 29.6 Å². The van der Waals surface area contributed by atoms with Crippen molar-refractivity contribution in [3.05, 3.63) is 35.9 Å². The number of benzene rings is 1. The van der Waals surface area contributed by atoms with Crippen LogP contribution in [-0.4, -0.2) is 122 Å². The van der Waals surface area contributed by atoms with E-state index in [0.29, 0.717) is 19.4 Å². The maximum atomic E-state index is 13.9. The highest BCUT2D eigenvalue weighted by atomic mass is 16.5. The first-order chi connectivity index (χ1) is 22.7. The van der Waals surface area contributed by atoms with Crippen LogP contribution in [0.5, 0.6) is 0 Å². The van der Waals surface area contributed by atoms with E-state index in [1.807, 2.05) is 45.9 Å². The Labute approximate surface area is 285 Å². The normalized spacial score (nSPS) is 18.5. The molecule has 1 aromatic carbocycles. The average Bonchev–Trinajstić information content (AvgIpc) is 3.53. The zero-order valence-electron chi connectivity index (χ0n) is 30.0. The van der Waals surface area contributed by atoms with Gasteiger partial charge in [0.25, 0.3) is 0 Å². The molecule has 13 heteroatoms. The highest BCUT2D eigenvalue weighted by Gasteiger charge is 2.42. The quantitative estimate of drug-likeness (QED) is 0.171. The number of carboxylic acids is 1. The third kappa shape index (κ3) is 11.0. The minimum absolute atomic E-state index is 0.00974. The summed E-state index contributed by atoms with van der Waals surface area (Å²) in [7, 11) is 6.34. The van der Waals surface area contributed by atoms with Crippen molar-refractivity contribution < 1.29 is 38.6 Å². The summed E-state index contributed by atoms with van der Waals surface area (Å²) in [5.41, 5.74) is 0.784. The maximum Gasteiger partial charge on any atom is 0.326 e. The number of amides is 4. The van der Waals surface area contributed by atoms with E-state index in [2.05, 4.69) is 16.0 Å². The Balaban J connectivity index is 2.13. The molecule has 270 valence electrons. The van der Waals surface area contributed by atoms with Gasteiger partial charge in [0.2, 0.25) is 23.6 Å². The van der Waals surface area contributed by atoms with Gasteiger partial charge in [-0.15, -0.1) is 0 Å². The Kier molecular flexibility index (Phi) is 16.5. The van der Waals surface area contributed by atoms with E-state index >= 15 is 0 Å². The summed E-state index contributed by atoms with van der Waals surface area (Å²) in [6.07, 6.45) is 0.132. The van der Waals surface area contributed by atoms with Crippen LogP contribution < -0.4 is 16.0 Å². The molecular formula is C35H57N5O8. The van der Waals surface area contributed by atoms with Crippen LogP contribution in [0.3, 0.4) is 0 Å². The fourth-order valence-corrected chi connectivity index (χ4v) is 6.73. The number of nitrogens with one attached hydrogen (secondary N) is 3. The van der Waals surface area contributed by atoms with Crippen molar-refractivity contribution in [3.63, 3.8) is 0 Å². The molecule has 0 bridgehead atoms. The molecule has 1 aliphatic rings. The van der Waals surface area contributed by atoms with Crippen LogP contribution >= 0.6 is 0 Å². The molecule has 2 rings (SSSR count). The molecule has 1 fully saturated rings. The molecule has 0 radical (unpaired) electrons. The Morgan fingerprint density at radius 3 is 2.15 bits per heavy atom. The standard InChI is InChI=1S/C35H57N5O8/c1-21(2)30(36-6)34(44)37-20-29(42)39(7)31(22(3)4)27(47-8)19-28(41)40-17-13-16-26(40)32(48-9)23(5)33(43)38-25(35(45)46)18-24-14-11-10-12-15-24/h10-12,14-15,21-23,25-27,30-32,36H,13,16-20H2,1-9H3,(H,37,44)(H,38,43)(H,45,46). The molecular weight excluding hydrogens is 618 g/mol. The van der Waals surface area contributed by atoms with Gasteiger partial charge in [-0.05, 0) is 37.3 Å². The van der Waals surface area contributed by atoms with Gasteiger partial charge in [0.05, 0.1) is 49.2 Å². The third-order valence-corrected chi connectivity index (χ3v) is 9.33. The van der Waals surface area contributed by atoms with Crippen molar-refractivity contribution in [3.8, 4) is 0 Å². The van der Waals surface area contributed by atoms with Gasteiger partial charge in [-0.3, -0.25) is 19.2 Å². The molecule has 0 saturated carbocycles. The van der Waals surface area contributed by atoms with Gasteiger partial charge in [0, 0.05) is 34.2 Å². The number of hydrogen-bond donors (Lipinski definition) is 4. The SMILES string of the molecule is CNC(C(=O)NCC(=O)N(C)C(C(C)C)C(CC(=O)N1CCCC1C(OC)C(C)C(=O)NC(Cc1ccccc1)C(=O)O)OC)C(C)C. The minimum Gasteiger partial charge on any atom is -0.480 e. The molecule has 1 aliphatic heterocycles. The lowest BCUT2D eigenvalue weighted by Crippen LogP contribution is -2.55. The molecule has 7 atom stereocenters. The molecule has 4 N–H and O–H groups in total. The van der Waals surface area contributed by atoms with Gasteiger partial charge >= 0.3 is 5.97 Å². The third-order valence-electron chi connectivity index (χ3n) is 9.33. The van der Waals surface area contributed by atoms with Crippen LogP contribution in [0.1, 0.15) is 59.4 Å². The smallest absolute Gasteiger partial charge is 0.326 e.